The molecule has 35 heavy (non-hydrogen) atoms. The van der Waals surface area contributed by atoms with Crippen molar-refractivity contribution in [3.63, 3.8) is 0 Å². The van der Waals surface area contributed by atoms with Crippen LogP contribution >= 0.6 is 0 Å². The molecule has 1 amide bonds. The van der Waals surface area contributed by atoms with Crippen LogP contribution in [-0.4, -0.2) is 63.8 Å². The number of methoxy groups -OCH3 is 1. The molecular formula is C25H29N3O6S. The van der Waals surface area contributed by atoms with Crippen LogP contribution in [0.15, 0.2) is 52.9 Å². The number of piperidine rings is 1. The quantitative estimate of drug-likeness (QED) is 0.448. The zero-order chi connectivity index (χ0) is 24.8. The van der Waals surface area contributed by atoms with E-state index in [1.165, 1.54) is 0 Å². The van der Waals surface area contributed by atoms with Crippen LogP contribution in [0.25, 0.3) is 22.6 Å². The van der Waals surface area contributed by atoms with Crippen molar-refractivity contribution >= 4 is 15.9 Å². The maximum atomic E-state index is 13.1. The van der Waals surface area contributed by atoms with Gasteiger partial charge in [-0.05, 0) is 67.8 Å². The van der Waals surface area contributed by atoms with E-state index in [1.54, 1.807) is 24.1 Å². The molecule has 9 nitrogen and oxygen atoms in total. The number of hydrogen-bond acceptors (Lipinski definition) is 7. The number of likely N-dealkylation sites (tertiary alicyclic amines) is 1. The van der Waals surface area contributed by atoms with Gasteiger partial charge in [0.25, 0.3) is 5.89 Å². The molecule has 10 heteroatoms. The molecule has 0 unspecified atom stereocenters. The second-order valence-corrected chi connectivity index (χ2v) is 10.2. The summed E-state index contributed by atoms with van der Waals surface area (Å²) in [6.07, 6.45) is 4.18. The lowest BCUT2D eigenvalue weighted by Gasteiger charge is -2.25. The van der Waals surface area contributed by atoms with Gasteiger partial charge in [0.2, 0.25) is 10.0 Å². The first-order valence-corrected chi connectivity index (χ1v) is 13.4. The van der Waals surface area contributed by atoms with Gasteiger partial charge in [0.05, 0.1) is 13.4 Å². The van der Waals surface area contributed by atoms with Crippen LogP contribution in [-0.2, 0) is 10.0 Å². The topological polar surface area (TPSA) is 111 Å². The van der Waals surface area contributed by atoms with E-state index in [9.17, 15) is 13.2 Å². The summed E-state index contributed by atoms with van der Waals surface area (Å²) in [5.41, 5.74) is 2.11. The minimum atomic E-state index is -3.26. The zero-order valence-electron chi connectivity index (χ0n) is 19.8. The molecule has 0 bridgehead atoms. The van der Waals surface area contributed by atoms with Gasteiger partial charge in [-0.25, -0.2) is 18.1 Å². The third kappa shape index (κ3) is 6.40. The van der Waals surface area contributed by atoms with E-state index in [4.69, 9.17) is 13.9 Å². The van der Waals surface area contributed by atoms with Crippen molar-refractivity contribution in [1.29, 1.82) is 0 Å². The number of aromatic nitrogens is 1. The molecule has 0 aliphatic carbocycles. The van der Waals surface area contributed by atoms with Crippen molar-refractivity contribution in [1.82, 2.24) is 14.6 Å². The van der Waals surface area contributed by atoms with E-state index in [2.05, 4.69) is 9.71 Å². The fraction of sp³-hybridized carbons (Fsp3) is 0.360. The summed E-state index contributed by atoms with van der Waals surface area (Å²) in [6, 6.07) is 14.6. The molecule has 186 valence electrons. The van der Waals surface area contributed by atoms with E-state index < -0.39 is 10.0 Å². The second-order valence-electron chi connectivity index (χ2n) is 8.32. The summed E-state index contributed by atoms with van der Waals surface area (Å²) >= 11 is 0. The zero-order valence-corrected chi connectivity index (χ0v) is 20.6. The fourth-order valence-corrected chi connectivity index (χ4v) is 4.34. The van der Waals surface area contributed by atoms with Gasteiger partial charge < -0.3 is 18.8 Å². The SMILES string of the molecule is COc1ccc(-c2nc(C(=O)N3CCCCC3)oc2-c2ccc(OCCNS(C)(=O)=O)cc2)cc1. The summed E-state index contributed by atoms with van der Waals surface area (Å²) in [6.45, 7) is 1.77. The van der Waals surface area contributed by atoms with E-state index in [0.717, 1.165) is 42.4 Å². The van der Waals surface area contributed by atoms with E-state index >= 15 is 0 Å². The van der Waals surface area contributed by atoms with Gasteiger partial charge in [0, 0.05) is 30.8 Å². The minimum Gasteiger partial charge on any atom is -0.497 e. The maximum absolute atomic E-state index is 13.1. The highest BCUT2D eigenvalue weighted by atomic mass is 32.2. The molecule has 0 radical (unpaired) electrons. The fourth-order valence-electron chi connectivity index (χ4n) is 3.88. The molecule has 2 aromatic carbocycles. The Hall–Kier alpha value is -3.37. The molecule has 1 aromatic heterocycles. The highest BCUT2D eigenvalue weighted by Crippen LogP contribution is 2.35. The van der Waals surface area contributed by atoms with Gasteiger partial charge in [-0.1, -0.05) is 0 Å². The monoisotopic (exact) mass is 499 g/mol. The summed E-state index contributed by atoms with van der Waals surface area (Å²) < 4.78 is 41.6. The highest BCUT2D eigenvalue weighted by Gasteiger charge is 2.26. The summed E-state index contributed by atoms with van der Waals surface area (Å²) in [4.78, 5) is 19.5. The Kier molecular flexibility index (Phi) is 7.72. The number of nitrogens with one attached hydrogen (secondary N) is 1. The average molecular weight is 500 g/mol. The highest BCUT2D eigenvalue weighted by molar-refractivity contribution is 7.88. The Morgan fingerprint density at radius 2 is 1.63 bits per heavy atom. The van der Waals surface area contributed by atoms with Crippen molar-refractivity contribution in [3.05, 3.63) is 54.4 Å². The number of sulfonamides is 1. The Balaban J connectivity index is 1.59. The summed E-state index contributed by atoms with van der Waals surface area (Å²) in [5, 5.41) is 0. The first-order chi connectivity index (χ1) is 16.8. The van der Waals surface area contributed by atoms with E-state index in [0.29, 0.717) is 30.3 Å². The van der Waals surface area contributed by atoms with Crippen molar-refractivity contribution in [2.45, 2.75) is 19.3 Å². The van der Waals surface area contributed by atoms with Gasteiger partial charge in [0.15, 0.2) is 5.76 Å². The van der Waals surface area contributed by atoms with Crippen molar-refractivity contribution in [2.24, 2.45) is 0 Å². The molecular weight excluding hydrogens is 470 g/mol. The van der Waals surface area contributed by atoms with Crippen LogP contribution in [0.2, 0.25) is 0 Å². The molecule has 1 aliphatic rings. The number of rotatable bonds is 9. The molecule has 0 spiro atoms. The lowest BCUT2D eigenvalue weighted by Crippen LogP contribution is -2.35. The molecule has 1 saturated heterocycles. The van der Waals surface area contributed by atoms with Crippen molar-refractivity contribution < 1.29 is 27.1 Å². The van der Waals surface area contributed by atoms with Crippen molar-refractivity contribution in [3.8, 4) is 34.1 Å². The molecule has 0 saturated carbocycles. The van der Waals surface area contributed by atoms with Gasteiger partial charge in [0.1, 0.15) is 23.8 Å². The molecule has 1 aliphatic heterocycles. The first kappa shape index (κ1) is 24.7. The second kappa shape index (κ2) is 10.9. The molecule has 1 fully saturated rings. The molecule has 2 heterocycles. The molecule has 4 rings (SSSR count). The Morgan fingerprint density at radius 1 is 1.00 bits per heavy atom. The summed E-state index contributed by atoms with van der Waals surface area (Å²) in [7, 11) is -1.65. The van der Waals surface area contributed by atoms with Crippen LogP contribution in [0.3, 0.4) is 0 Å². The van der Waals surface area contributed by atoms with Crippen LogP contribution in [0.4, 0.5) is 0 Å². The number of benzene rings is 2. The van der Waals surface area contributed by atoms with E-state index in [-0.39, 0.29) is 24.9 Å². The first-order valence-electron chi connectivity index (χ1n) is 11.5. The smallest absolute Gasteiger partial charge is 0.309 e. The predicted octanol–water partition coefficient (Wildman–Crippen LogP) is 3.57. The van der Waals surface area contributed by atoms with E-state index in [1.807, 2.05) is 36.4 Å². The number of hydrogen-bond donors (Lipinski definition) is 1. The molecule has 1 N–H and O–H groups in total. The lowest BCUT2D eigenvalue weighted by atomic mass is 10.1. The number of carbonyl (C=O) groups excluding carboxylic acids is 1. The van der Waals surface area contributed by atoms with Crippen LogP contribution in [0.1, 0.15) is 29.9 Å². The van der Waals surface area contributed by atoms with Crippen molar-refractivity contribution in [2.75, 3.05) is 39.6 Å². The Bertz CT molecular complexity index is 1250. The maximum Gasteiger partial charge on any atom is 0.309 e. The van der Waals surface area contributed by atoms with Gasteiger partial charge in [-0.15, -0.1) is 0 Å². The normalized spacial score (nSPS) is 14.1. The van der Waals surface area contributed by atoms with Gasteiger partial charge in [-0.3, -0.25) is 4.79 Å². The van der Waals surface area contributed by atoms with Crippen LogP contribution < -0.4 is 14.2 Å². The lowest BCUT2D eigenvalue weighted by molar-refractivity contribution is 0.0685. The number of carbonyl (C=O) groups is 1. The van der Waals surface area contributed by atoms with Crippen LogP contribution in [0.5, 0.6) is 11.5 Å². The Labute approximate surface area is 205 Å². The summed E-state index contributed by atoms with van der Waals surface area (Å²) in [5.74, 6) is 1.65. The number of oxazole rings is 1. The standard InChI is InChI=1S/C25H29N3O6S/c1-32-20-10-6-18(7-11-20)22-23(34-24(27-22)25(29)28-15-4-3-5-16-28)19-8-12-21(13-9-19)33-17-14-26-35(2,30)31/h6-13,26H,3-5,14-17H2,1-2H3. The Morgan fingerprint density at radius 3 is 2.26 bits per heavy atom. The number of ether oxygens (including phenoxy) is 2. The van der Waals surface area contributed by atoms with Gasteiger partial charge >= 0.3 is 5.91 Å². The molecule has 3 aromatic rings. The predicted molar refractivity (Wildman–Crippen MR) is 132 cm³/mol. The third-order valence-electron chi connectivity index (χ3n) is 5.67. The van der Waals surface area contributed by atoms with Crippen LogP contribution in [0, 0.1) is 0 Å². The molecule has 0 atom stereocenters. The average Bonchev–Trinajstić information content (AvgIpc) is 3.32. The van der Waals surface area contributed by atoms with Gasteiger partial charge in [-0.2, -0.15) is 0 Å². The largest absolute Gasteiger partial charge is 0.497 e. The number of amides is 1. The minimum absolute atomic E-state index is 0.0693. The number of nitrogens with zero attached hydrogens (tertiary/aromatic N) is 2. The third-order valence-corrected chi connectivity index (χ3v) is 6.40.